The molecule has 4 aromatic rings. The molecule has 0 spiro atoms. The van der Waals surface area contributed by atoms with Crippen molar-refractivity contribution in [3.63, 3.8) is 0 Å². The highest BCUT2D eigenvalue weighted by molar-refractivity contribution is 9.10. The van der Waals surface area contributed by atoms with E-state index < -0.39 is 10.0 Å². The molecule has 4 rings (SSSR count). The fourth-order valence-corrected chi connectivity index (χ4v) is 5.74. The third kappa shape index (κ3) is 5.67. The highest BCUT2D eigenvalue weighted by Crippen LogP contribution is 2.30. The van der Waals surface area contributed by atoms with Crippen molar-refractivity contribution in [2.45, 2.75) is 17.7 Å². The number of fused-ring (bicyclic) bond motifs is 1. The van der Waals surface area contributed by atoms with Crippen LogP contribution in [0.25, 0.3) is 16.9 Å². The third-order valence-electron chi connectivity index (χ3n) is 4.96. The van der Waals surface area contributed by atoms with Gasteiger partial charge in [0.25, 0.3) is 0 Å². The Hall–Kier alpha value is -1.88. The fraction of sp³-hybridized carbons (Fsp3) is 0.182. The molecule has 0 saturated carbocycles. The maximum Gasteiger partial charge on any atom is 0.242 e. The summed E-state index contributed by atoms with van der Waals surface area (Å²) in [7, 11) is -3.71. The molecular formula is C22H19BrCl3N5O2S. The fourth-order valence-electron chi connectivity index (χ4n) is 3.31. The van der Waals surface area contributed by atoms with Crippen LogP contribution in [0.3, 0.4) is 0 Å². The van der Waals surface area contributed by atoms with E-state index in [1.54, 1.807) is 10.7 Å². The Morgan fingerprint density at radius 1 is 0.971 bits per heavy atom. The first-order chi connectivity index (χ1) is 16.3. The Morgan fingerprint density at radius 2 is 1.74 bits per heavy atom. The van der Waals surface area contributed by atoms with Gasteiger partial charge in [-0.1, -0.05) is 53.0 Å². The van der Waals surface area contributed by atoms with E-state index in [9.17, 15) is 8.42 Å². The molecule has 0 amide bonds. The number of hydrogen-bond acceptors (Lipinski definition) is 5. The van der Waals surface area contributed by atoms with Crippen molar-refractivity contribution in [2.24, 2.45) is 0 Å². The summed E-state index contributed by atoms with van der Waals surface area (Å²) in [6, 6.07) is 13.7. The van der Waals surface area contributed by atoms with E-state index in [0.29, 0.717) is 35.1 Å². The second-order valence-corrected chi connectivity index (χ2v) is 11.2. The first-order valence-electron chi connectivity index (χ1n) is 10.2. The number of aromatic nitrogens is 3. The highest BCUT2D eigenvalue weighted by Gasteiger charge is 2.17. The normalized spacial score (nSPS) is 11.8. The van der Waals surface area contributed by atoms with Crippen molar-refractivity contribution in [1.82, 2.24) is 19.3 Å². The smallest absolute Gasteiger partial charge is 0.242 e. The van der Waals surface area contributed by atoms with Gasteiger partial charge in [-0.25, -0.2) is 18.1 Å². The minimum absolute atomic E-state index is 0.00670. The summed E-state index contributed by atoms with van der Waals surface area (Å²) in [6.07, 6.45) is 3.01. The molecular weight excluding hydrogens is 585 g/mol. The maximum absolute atomic E-state index is 12.5. The molecule has 7 nitrogen and oxygen atoms in total. The summed E-state index contributed by atoms with van der Waals surface area (Å²) in [5.74, 6) is 0.749. The number of anilines is 1. The number of halogens is 4. The number of sulfonamides is 1. The number of nitrogens with one attached hydrogen (secondary N) is 2. The van der Waals surface area contributed by atoms with Crippen LogP contribution < -0.4 is 10.0 Å². The third-order valence-corrected chi connectivity index (χ3v) is 8.03. The van der Waals surface area contributed by atoms with Crippen molar-refractivity contribution in [3.05, 3.63) is 74.3 Å². The maximum atomic E-state index is 12.5. The van der Waals surface area contributed by atoms with Crippen LogP contribution >= 0.6 is 50.7 Å². The predicted octanol–water partition coefficient (Wildman–Crippen LogP) is 6.29. The van der Waals surface area contributed by atoms with Crippen LogP contribution in [0, 0.1) is 0 Å². The minimum Gasteiger partial charge on any atom is -0.370 e. The first-order valence-corrected chi connectivity index (χ1v) is 13.6. The van der Waals surface area contributed by atoms with Crippen molar-refractivity contribution in [2.75, 3.05) is 18.4 Å². The monoisotopic (exact) mass is 601 g/mol. The van der Waals surface area contributed by atoms with Gasteiger partial charge in [0.2, 0.25) is 10.0 Å². The Morgan fingerprint density at radius 3 is 2.50 bits per heavy atom. The summed E-state index contributed by atoms with van der Waals surface area (Å²) < 4.78 is 30.0. The molecule has 0 aliphatic heterocycles. The molecule has 0 aliphatic carbocycles. The van der Waals surface area contributed by atoms with Gasteiger partial charge in [-0.2, -0.15) is 9.61 Å². The predicted molar refractivity (Wildman–Crippen MR) is 141 cm³/mol. The summed E-state index contributed by atoms with van der Waals surface area (Å²) in [5, 5.41) is 8.80. The lowest BCUT2D eigenvalue weighted by atomic mass is 10.1. The average Bonchev–Trinajstić information content (AvgIpc) is 3.17. The van der Waals surface area contributed by atoms with E-state index in [0.717, 1.165) is 21.5 Å². The van der Waals surface area contributed by atoms with Gasteiger partial charge < -0.3 is 5.32 Å². The van der Waals surface area contributed by atoms with Crippen molar-refractivity contribution < 1.29 is 8.42 Å². The molecule has 0 bridgehead atoms. The zero-order valence-corrected chi connectivity index (χ0v) is 22.3. The van der Waals surface area contributed by atoms with Gasteiger partial charge in [0.05, 0.1) is 21.4 Å². The van der Waals surface area contributed by atoms with E-state index in [2.05, 4.69) is 36.1 Å². The molecule has 0 saturated heterocycles. The summed E-state index contributed by atoms with van der Waals surface area (Å²) in [6.45, 7) is 0.870. The van der Waals surface area contributed by atoms with E-state index in [1.807, 2.05) is 30.3 Å². The van der Waals surface area contributed by atoms with Crippen LogP contribution in [0.4, 0.5) is 5.82 Å². The largest absolute Gasteiger partial charge is 0.370 e. The van der Waals surface area contributed by atoms with Gasteiger partial charge in [0.1, 0.15) is 10.7 Å². The van der Waals surface area contributed by atoms with Crippen LogP contribution in [0.5, 0.6) is 0 Å². The van der Waals surface area contributed by atoms with Gasteiger partial charge in [0.15, 0.2) is 5.65 Å². The molecule has 0 radical (unpaired) electrons. The molecule has 0 unspecified atom stereocenters. The van der Waals surface area contributed by atoms with Crippen LogP contribution in [-0.2, 0) is 10.0 Å². The number of nitrogens with zero attached hydrogens (tertiary/aromatic N) is 3. The van der Waals surface area contributed by atoms with E-state index in [-0.39, 0.29) is 16.5 Å². The topological polar surface area (TPSA) is 88.4 Å². The Labute approximate surface area is 220 Å². The molecule has 0 aliphatic rings. The molecule has 178 valence electrons. The van der Waals surface area contributed by atoms with Crippen LogP contribution in [0.1, 0.15) is 12.8 Å². The quantitative estimate of drug-likeness (QED) is 0.220. The number of unbranched alkanes of at least 4 members (excludes halogenated alkanes) is 1. The molecule has 2 N–H and O–H groups in total. The number of hydrogen-bond donors (Lipinski definition) is 2. The zero-order chi connectivity index (χ0) is 24.3. The molecule has 2 heterocycles. The van der Waals surface area contributed by atoms with Crippen molar-refractivity contribution >= 4 is 72.2 Å². The van der Waals surface area contributed by atoms with Gasteiger partial charge in [0, 0.05) is 34.8 Å². The molecule has 0 fully saturated rings. The van der Waals surface area contributed by atoms with E-state index >= 15 is 0 Å². The lowest BCUT2D eigenvalue weighted by Crippen LogP contribution is -2.25. The Balaban J connectivity index is 1.39. The molecule has 2 aromatic carbocycles. The second kappa shape index (κ2) is 10.8. The van der Waals surface area contributed by atoms with Crippen LogP contribution in [-0.4, -0.2) is 36.1 Å². The van der Waals surface area contributed by atoms with E-state index in [4.69, 9.17) is 34.8 Å². The molecule has 34 heavy (non-hydrogen) atoms. The Bertz CT molecular complexity index is 1450. The molecule has 0 atom stereocenters. The zero-order valence-electron chi connectivity index (χ0n) is 17.6. The number of benzene rings is 2. The van der Waals surface area contributed by atoms with Crippen molar-refractivity contribution in [1.29, 1.82) is 0 Å². The van der Waals surface area contributed by atoms with Crippen LogP contribution in [0.15, 0.2) is 64.1 Å². The summed E-state index contributed by atoms with van der Waals surface area (Å²) >= 11 is 21.7. The number of rotatable bonds is 9. The second-order valence-electron chi connectivity index (χ2n) is 7.34. The van der Waals surface area contributed by atoms with Gasteiger partial charge in [-0.15, -0.1) is 0 Å². The SMILES string of the molecule is O=S(=O)(NCCCCNc1cc(-c2ccccc2Cl)nc2c(Br)cnn12)c1ccc(Cl)cc1Cl. The summed E-state index contributed by atoms with van der Waals surface area (Å²) in [4.78, 5) is 4.69. The average molecular weight is 604 g/mol. The Kier molecular flexibility index (Phi) is 8.01. The van der Waals surface area contributed by atoms with Gasteiger partial charge in [-0.3, -0.25) is 0 Å². The molecule has 12 heteroatoms. The highest BCUT2D eigenvalue weighted by atomic mass is 79.9. The van der Waals surface area contributed by atoms with Crippen molar-refractivity contribution in [3.8, 4) is 11.3 Å². The van der Waals surface area contributed by atoms with Crippen LogP contribution in [0.2, 0.25) is 15.1 Å². The minimum atomic E-state index is -3.71. The molecule has 2 aromatic heterocycles. The lowest BCUT2D eigenvalue weighted by Gasteiger charge is -2.12. The first kappa shape index (κ1) is 25.2. The van der Waals surface area contributed by atoms with Gasteiger partial charge in [-0.05, 0) is 53.0 Å². The summed E-state index contributed by atoms with van der Waals surface area (Å²) in [5.41, 5.74) is 2.19. The van der Waals surface area contributed by atoms with Gasteiger partial charge >= 0.3 is 0 Å². The lowest BCUT2D eigenvalue weighted by molar-refractivity contribution is 0.577. The van der Waals surface area contributed by atoms with E-state index in [1.165, 1.54) is 18.2 Å². The standard InChI is InChI=1S/C22H19BrCl3N5O2S/c23-16-13-28-31-21(12-19(30-22(16)31)15-5-1-2-6-17(15)25)27-9-3-4-10-29-34(32,33)20-8-7-14(24)11-18(20)26/h1-2,5-8,11-13,27,29H,3-4,9-10H2.